The lowest BCUT2D eigenvalue weighted by Gasteiger charge is -2.14. The highest BCUT2D eigenvalue weighted by atomic mass is 16.5. The van der Waals surface area contributed by atoms with E-state index in [0.29, 0.717) is 35.7 Å². The highest BCUT2D eigenvalue weighted by Gasteiger charge is 2.20. The number of aromatic nitrogens is 4. The Bertz CT molecular complexity index is 1280. The molecule has 0 radical (unpaired) electrons. The molecule has 0 aliphatic heterocycles. The smallest absolute Gasteiger partial charge is 0.337 e. The normalized spacial score (nSPS) is 11.3. The first-order valence-corrected chi connectivity index (χ1v) is 9.88. The Labute approximate surface area is 173 Å². The molecule has 7 nitrogen and oxygen atoms in total. The van der Waals surface area contributed by atoms with Crippen molar-refractivity contribution in [1.29, 1.82) is 0 Å². The summed E-state index contributed by atoms with van der Waals surface area (Å²) in [4.78, 5) is 31.1. The number of benzene rings is 2. The molecule has 0 amide bonds. The van der Waals surface area contributed by atoms with E-state index in [1.54, 1.807) is 37.7 Å². The van der Waals surface area contributed by atoms with E-state index in [4.69, 9.17) is 4.74 Å². The summed E-state index contributed by atoms with van der Waals surface area (Å²) in [6.07, 6.45) is 1.62. The molecule has 0 atom stereocenters. The molecule has 4 rings (SSSR count). The van der Waals surface area contributed by atoms with Crippen molar-refractivity contribution >= 4 is 11.2 Å². The number of fused-ring (bicyclic) bond motifs is 1. The van der Waals surface area contributed by atoms with Crippen LogP contribution in [0.4, 0.5) is 0 Å². The van der Waals surface area contributed by atoms with Crippen LogP contribution in [0.3, 0.4) is 0 Å². The van der Waals surface area contributed by atoms with Crippen molar-refractivity contribution < 1.29 is 4.74 Å². The molecule has 0 spiro atoms. The summed E-state index contributed by atoms with van der Waals surface area (Å²) in [6.45, 7) is 4.79. The van der Waals surface area contributed by atoms with E-state index >= 15 is 0 Å². The van der Waals surface area contributed by atoms with E-state index in [1.165, 1.54) is 9.13 Å². The zero-order chi connectivity index (χ0) is 21.3. The van der Waals surface area contributed by atoms with E-state index < -0.39 is 5.69 Å². The quantitative estimate of drug-likeness (QED) is 0.495. The summed E-state index contributed by atoms with van der Waals surface area (Å²) in [5.41, 5.74) is 1.74. The predicted molar refractivity (Wildman–Crippen MR) is 117 cm³/mol. The lowest BCUT2D eigenvalue weighted by molar-refractivity contribution is 0.414. The maximum Gasteiger partial charge on any atom is 0.337 e. The van der Waals surface area contributed by atoms with Crippen molar-refractivity contribution in [2.75, 3.05) is 7.11 Å². The summed E-state index contributed by atoms with van der Waals surface area (Å²) in [5, 5.41) is 0. The SMILES string of the molecule is COc1ccc(-n2c(=O)n(CC(C)C)c(=O)c3c2ncn3Cc2ccccc2)cc1. The number of methoxy groups -OCH3 is 1. The average molecular weight is 404 g/mol. The molecule has 0 saturated heterocycles. The third kappa shape index (κ3) is 3.54. The zero-order valence-corrected chi connectivity index (χ0v) is 17.3. The summed E-state index contributed by atoms with van der Waals surface area (Å²) in [7, 11) is 1.59. The fraction of sp³-hybridized carbons (Fsp3) is 0.261. The molecule has 154 valence electrons. The lowest BCUT2D eigenvalue weighted by atomic mass is 10.2. The van der Waals surface area contributed by atoms with Crippen molar-refractivity contribution in [3.63, 3.8) is 0 Å². The van der Waals surface area contributed by atoms with Crippen LogP contribution < -0.4 is 16.0 Å². The summed E-state index contributed by atoms with van der Waals surface area (Å²) in [5.74, 6) is 0.829. The number of nitrogens with zero attached hydrogens (tertiary/aromatic N) is 4. The summed E-state index contributed by atoms with van der Waals surface area (Å²) in [6, 6.07) is 17.0. The molecule has 0 saturated carbocycles. The third-order valence-electron chi connectivity index (χ3n) is 4.97. The van der Waals surface area contributed by atoms with E-state index in [-0.39, 0.29) is 11.5 Å². The molecule has 30 heavy (non-hydrogen) atoms. The van der Waals surface area contributed by atoms with Gasteiger partial charge >= 0.3 is 5.69 Å². The molecule has 0 N–H and O–H groups in total. The highest BCUT2D eigenvalue weighted by molar-refractivity contribution is 5.72. The fourth-order valence-electron chi connectivity index (χ4n) is 3.57. The molecule has 7 heteroatoms. The van der Waals surface area contributed by atoms with Crippen molar-refractivity contribution in [2.24, 2.45) is 5.92 Å². The fourth-order valence-corrected chi connectivity index (χ4v) is 3.57. The molecule has 0 aliphatic rings. The van der Waals surface area contributed by atoms with E-state index in [9.17, 15) is 9.59 Å². The number of hydrogen-bond acceptors (Lipinski definition) is 4. The Balaban J connectivity index is 1.98. The van der Waals surface area contributed by atoms with E-state index in [2.05, 4.69) is 4.98 Å². The second-order valence-corrected chi connectivity index (χ2v) is 7.66. The average Bonchev–Trinajstić information content (AvgIpc) is 3.15. The van der Waals surface area contributed by atoms with Gasteiger partial charge in [0, 0.05) is 13.1 Å². The number of hydrogen-bond donors (Lipinski definition) is 0. The second kappa shape index (κ2) is 8.02. The third-order valence-corrected chi connectivity index (χ3v) is 4.97. The van der Waals surface area contributed by atoms with Gasteiger partial charge in [0.1, 0.15) is 5.75 Å². The Morgan fingerprint density at radius 1 is 1.00 bits per heavy atom. The number of ether oxygens (including phenoxy) is 1. The first-order valence-electron chi connectivity index (χ1n) is 9.88. The summed E-state index contributed by atoms with van der Waals surface area (Å²) >= 11 is 0. The van der Waals surface area contributed by atoms with Crippen LogP contribution in [0.25, 0.3) is 16.9 Å². The van der Waals surface area contributed by atoms with Gasteiger partial charge in [0.2, 0.25) is 0 Å². The Morgan fingerprint density at radius 2 is 1.70 bits per heavy atom. The van der Waals surface area contributed by atoms with Crippen LogP contribution in [-0.4, -0.2) is 25.8 Å². The molecular formula is C23H24N4O3. The Morgan fingerprint density at radius 3 is 2.33 bits per heavy atom. The highest BCUT2D eigenvalue weighted by Crippen LogP contribution is 2.18. The van der Waals surface area contributed by atoms with Crippen LogP contribution in [0.1, 0.15) is 19.4 Å². The van der Waals surface area contributed by atoms with Gasteiger partial charge in [-0.15, -0.1) is 0 Å². The van der Waals surface area contributed by atoms with Crippen LogP contribution in [0.5, 0.6) is 5.75 Å². The van der Waals surface area contributed by atoms with Gasteiger partial charge in [-0.25, -0.2) is 14.3 Å². The van der Waals surface area contributed by atoms with Crippen LogP contribution in [-0.2, 0) is 13.1 Å². The van der Waals surface area contributed by atoms with Crippen LogP contribution in [0.2, 0.25) is 0 Å². The molecule has 0 fully saturated rings. The summed E-state index contributed by atoms with van der Waals surface area (Å²) < 4.78 is 9.84. The molecule has 0 aliphatic carbocycles. The zero-order valence-electron chi connectivity index (χ0n) is 17.3. The Kier molecular flexibility index (Phi) is 5.27. The first kappa shape index (κ1) is 19.7. The lowest BCUT2D eigenvalue weighted by Crippen LogP contribution is -2.41. The van der Waals surface area contributed by atoms with Crippen molar-refractivity contribution in [3.05, 3.63) is 87.3 Å². The van der Waals surface area contributed by atoms with Crippen molar-refractivity contribution in [1.82, 2.24) is 18.7 Å². The number of imidazole rings is 1. The van der Waals surface area contributed by atoms with Gasteiger partial charge in [-0.05, 0) is 35.7 Å². The molecule has 2 aromatic carbocycles. The van der Waals surface area contributed by atoms with Gasteiger partial charge in [-0.1, -0.05) is 44.2 Å². The van der Waals surface area contributed by atoms with E-state index in [0.717, 1.165) is 5.56 Å². The van der Waals surface area contributed by atoms with Crippen LogP contribution in [0, 0.1) is 5.92 Å². The van der Waals surface area contributed by atoms with Gasteiger partial charge in [-0.3, -0.25) is 9.36 Å². The standard InChI is InChI=1S/C23H24N4O3/c1-16(2)13-26-22(28)20-21(24-15-25(20)14-17-7-5-4-6-8-17)27(23(26)29)18-9-11-19(30-3)12-10-18/h4-12,15-16H,13-14H2,1-3H3. The molecule has 4 aromatic rings. The molecule has 0 unspecified atom stereocenters. The monoisotopic (exact) mass is 404 g/mol. The number of rotatable bonds is 6. The Hall–Kier alpha value is -3.61. The van der Waals surface area contributed by atoms with Crippen LogP contribution in [0.15, 0.2) is 70.5 Å². The van der Waals surface area contributed by atoms with Crippen molar-refractivity contribution in [3.8, 4) is 11.4 Å². The minimum absolute atomic E-state index is 0.141. The maximum absolute atomic E-state index is 13.3. The minimum atomic E-state index is -0.392. The molecular weight excluding hydrogens is 380 g/mol. The van der Waals surface area contributed by atoms with Gasteiger partial charge in [0.15, 0.2) is 11.2 Å². The molecule has 2 aromatic heterocycles. The van der Waals surface area contributed by atoms with Gasteiger partial charge < -0.3 is 9.30 Å². The van der Waals surface area contributed by atoms with Crippen LogP contribution >= 0.6 is 0 Å². The van der Waals surface area contributed by atoms with Crippen molar-refractivity contribution in [2.45, 2.75) is 26.9 Å². The molecule has 0 bridgehead atoms. The predicted octanol–water partition coefficient (Wildman–Crippen LogP) is 3.06. The van der Waals surface area contributed by atoms with Gasteiger partial charge in [0.05, 0.1) is 19.1 Å². The molecule has 2 heterocycles. The largest absolute Gasteiger partial charge is 0.497 e. The minimum Gasteiger partial charge on any atom is -0.497 e. The second-order valence-electron chi connectivity index (χ2n) is 7.66. The topological polar surface area (TPSA) is 71.1 Å². The van der Waals surface area contributed by atoms with Gasteiger partial charge in [-0.2, -0.15) is 0 Å². The first-order chi connectivity index (χ1) is 14.5. The maximum atomic E-state index is 13.3. The van der Waals surface area contributed by atoms with Gasteiger partial charge in [0.25, 0.3) is 5.56 Å². The van der Waals surface area contributed by atoms with E-state index in [1.807, 2.05) is 48.7 Å².